The fourth-order valence-corrected chi connectivity index (χ4v) is 3.72. The van der Waals surface area contributed by atoms with E-state index in [2.05, 4.69) is 20.8 Å². The van der Waals surface area contributed by atoms with Crippen LogP contribution in [0, 0.1) is 11.8 Å². The number of para-hydroxylation sites is 1. The number of ether oxygens (including phenoxy) is 1. The van der Waals surface area contributed by atoms with Crippen LogP contribution in [0.4, 0.5) is 5.69 Å². The number of nitrogens with zero attached hydrogens (tertiary/aromatic N) is 1. The van der Waals surface area contributed by atoms with Crippen LogP contribution in [-0.4, -0.2) is 30.1 Å². The molecule has 2 aliphatic rings. The highest BCUT2D eigenvalue weighted by molar-refractivity contribution is 5.97. The Morgan fingerprint density at radius 2 is 1.92 bits per heavy atom. The Balaban J connectivity index is 1.88. The van der Waals surface area contributed by atoms with Crippen LogP contribution in [0.2, 0.25) is 0 Å². The maximum atomic E-state index is 13.0. The molecular weight excluding hydrogens is 306 g/mol. The predicted octanol–water partition coefficient (Wildman–Crippen LogP) is 3.21. The number of amides is 1. The summed E-state index contributed by atoms with van der Waals surface area (Å²) in [6.45, 7) is 7.37. The van der Waals surface area contributed by atoms with E-state index in [9.17, 15) is 9.59 Å². The highest BCUT2D eigenvalue weighted by atomic mass is 16.5. The van der Waals surface area contributed by atoms with E-state index in [-0.39, 0.29) is 23.2 Å². The van der Waals surface area contributed by atoms with Crippen LogP contribution in [0.15, 0.2) is 18.2 Å². The summed E-state index contributed by atoms with van der Waals surface area (Å²) >= 11 is 0. The van der Waals surface area contributed by atoms with Gasteiger partial charge in [-0.25, -0.2) is 0 Å². The number of hydrogen-bond donors (Lipinski definition) is 1. The Morgan fingerprint density at radius 3 is 2.54 bits per heavy atom. The van der Waals surface area contributed by atoms with Gasteiger partial charge in [-0.1, -0.05) is 32.9 Å². The van der Waals surface area contributed by atoms with Crippen molar-refractivity contribution in [2.75, 3.05) is 18.1 Å². The number of carboxylic acid groups (broad SMARTS) is 1. The van der Waals surface area contributed by atoms with E-state index >= 15 is 0 Å². The molecule has 1 N–H and O–H groups in total. The number of fused-ring (bicyclic) bond motifs is 1. The second kappa shape index (κ2) is 6.11. The molecule has 0 bridgehead atoms. The van der Waals surface area contributed by atoms with E-state index in [1.165, 1.54) is 0 Å². The monoisotopic (exact) mass is 331 g/mol. The van der Waals surface area contributed by atoms with Gasteiger partial charge < -0.3 is 14.7 Å². The molecule has 1 aromatic rings. The van der Waals surface area contributed by atoms with Gasteiger partial charge in [-0.05, 0) is 30.7 Å². The zero-order valence-corrected chi connectivity index (χ0v) is 14.5. The second-order valence-corrected chi connectivity index (χ2v) is 7.79. The van der Waals surface area contributed by atoms with Crippen molar-refractivity contribution in [2.45, 2.75) is 45.4 Å². The molecule has 1 aliphatic heterocycles. The number of aliphatic carboxylic acids is 1. The third kappa shape index (κ3) is 2.99. The zero-order valence-electron chi connectivity index (χ0n) is 14.5. The SMILES string of the molecule is CC(C)(C)c1cccc2c1OCCN2C(=O)[C@@H]1CC[C@H](C(=O)O)C1. The van der Waals surface area contributed by atoms with Gasteiger partial charge in [0.15, 0.2) is 0 Å². The van der Waals surface area contributed by atoms with Crippen molar-refractivity contribution in [3.63, 3.8) is 0 Å². The quantitative estimate of drug-likeness (QED) is 0.903. The Hall–Kier alpha value is -2.04. The van der Waals surface area contributed by atoms with Crippen LogP contribution in [0.25, 0.3) is 0 Å². The molecular formula is C19H25NO4. The highest BCUT2D eigenvalue weighted by Crippen LogP contribution is 2.42. The molecule has 0 aromatic heterocycles. The van der Waals surface area contributed by atoms with Crippen LogP contribution in [0.3, 0.4) is 0 Å². The van der Waals surface area contributed by atoms with E-state index in [4.69, 9.17) is 9.84 Å². The van der Waals surface area contributed by atoms with Crippen molar-refractivity contribution < 1.29 is 19.4 Å². The predicted molar refractivity (Wildman–Crippen MR) is 91.5 cm³/mol. The first-order valence-corrected chi connectivity index (χ1v) is 8.59. The summed E-state index contributed by atoms with van der Waals surface area (Å²) < 4.78 is 5.90. The lowest BCUT2D eigenvalue weighted by Crippen LogP contribution is -2.41. The van der Waals surface area contributed by atoms with Crippen molar-refractivity contribution in [2.24, 2.45) is 11.8 Å². The summed E-state index contributed by atoms with van der Waals surface area (Å²) in [5.74, 6) is -0.551. The van der Waals surface area contributed by atoms with Gasteiger partial charge in [0.2, 0.25) is 5.91 Å². The van der Waals surface area contributed by atoms with Crippen molar-refractivity contribution in [1.29, 1.82) is 0 Å². The topological polar surface area (TPSA) is 66.8 Å². The Bertz CT molecular complexity index is 662. The van der Waals surface area contributed by atoms with Gasteiger partial charge in [0, 0.05) is 11.5 Å². The average Bonchev–Trinajstić information content (AvgIpc) is 3.02. The molecule has 1 amide bonds. The summed E-state index contributed by atoms with van der Waals surface area (Å²) in [4.78, 5) is 25.9. The van der Waals surface area contributed by atoms with Crippen molar-refractivity contribution in [3.8, 4) is 5.75 Å². The number of carbonyl (C=O) groups excluding carboxylic acids is 1. The molecule has 0 spiro atoms. The molecule has 1 heterocycles. The van der Waals surface area contributed by atoms with Crippen LogP contribution in [0.5, 0.6) is 5.75 Å². The number of hydrogen-bond acceptors (Lipinski definition) is 3. The number of rotatable bonds is 2. The Kier molecular flexibility index (Phi) is 4.28. The normalized spacial score (nSPS) is 23.5. The van der Waals surface area contributed by atoms with Gasteiger partial charge in [-0.15, -0.1) is 0 Å². The minimum atomic E-state index is -0.789. The van der Waals surface area contributed by atoms with Crippen LogP contribution in [-0.2, 0) is 15.0 Å². The summed E-state index contributed by atoms with van der Waals surface area (Å²) in [6.07, 6.45) is 1.69. The third-order valence-electron chi connectivity index (χ3n) is 5.05. The fraction of sp³-hybridized carbons (Fsp3) is 0.579. The van der Waals surface area contributed by atoms with E-state index in [0.29, 0.717) is 32.4 Å². The molecule has 3 rings (SSSR count). The minimum Gasteiger partial charge on any atom is -0.489 e. The lowest BCUT2D eigenvalue weighted by Gasteiger charge is -2.34. The van der Waals surface area contributed by atoms with Gasteiger partial charge >= 0.3 is 5.97 Å². The molecule has 0 saturated heterocycles. The van der Waals surface area contributed by atoms with Crippen LogP contribution >= 0.6 is 0 Å². The summed E-state index contributed by atoms with van der Waals surface area (Å²) in [6, 6.07) is 5.93. The van der Waals surface area contributed by atoms with Crippen molar-refractivity contribution in [3.05, 3.63) is 23.8 Å². The van der Waals surface area contributed by atoms with Gasteiger partial charge in [-0.3, -0.25) is 9.59 Å². The maximum absolute atomic E-state index is 13.0. The summed E-state index contributed by atoms with van der Waals surface area (Å²) in [5.41, 5.74) is 1.84. The van der Waals surface area contributed by atoms with Crippen molar-refractivity contribution >= 4 is 17.6 Å². The van der Waals surface area contributed by atoms with E-state index < -0.39 is 5.97 Å². The van der Waals surface area contributed by atoms with E-state index in [1.807, 2.05) is 18.2 Å². The van der Waals surface area contributed by atoms with Gasteiger partial charge in [0.1, 0.15) is 12.4 Å². The first kappa shape index (κ1) is 16.8. The average molecular weight is 331 g/mol. The minimum absolute atomic E-state index is 0.0364. The summed E-state index contributed by atoms with van der Waals surface area (Å²) in [7, 11) is 0. The molecule has 0 unspecified atom stereocenters. The van der Waals surface area contributed by atoms with Crippen LogP contribution in [0.1, 0.15) is 45.6 Å². The molecule has 24 heavy (non-hydrogen) atoms. The lowest BCUT2D eigenvalue weighted by molar-refractivity contribution is -0.141. The zero-order chi connectivity index (χ0) is 17.5. The molecule has 2 atom stereocenters. The number of carboxylic acids is 1. The van der Waals surface area contributed by atoms with Gasteiger partial charge in [-0.2, -0.15) is 0 Å². The van der Waals surface area contributed by atoms with Gasteiger partial charge in [0.25, 0.3) is 0 Å². The Labute approximate surface area is 142 Å². The second-order valence-electron chi connectivity index (χ2n) is 7.79. The lowest BCUT2D eigenvalue weighted by atomic mass is 9.85. The smallest absolute Gasteiger partial charge is 0.306 e. The molecule has 1 fully saturated rings. The first-order chi connectivity index (χ1) is 11.3. The maximum Gasteiger partial charge on any atom is 0.306 e. The third-order valence-corrected chi connectivity index (χ3v) is 5.05. The number of benzene rings is 1. The Morgan fingerprint density at radius 1 is 1.21 bits per heavy atom. The number of anilines is 1. The highest BCUT2D eigenvalue weighted by Gasteiger charge is 2.38. The first-order valence-electron chi connectivity index (χ1n) is 8.59. The van der Waals surface area contributed by atoms with Crippen molar-refractivity contribution in [1.82, 2.24) is 0 Å². The molecule has 1 aliphatic carbocycles. The molecule has 0 radical (unpaired) electrons. The molecule has 1 saturated carbocycles. The standard InChI is InChI=1S/C19H25NO4/c1-19(2,3)14-5-4-6-15-16(14)24-10-9-20(15)17(21)12-7-8-13(11-12)18(22)23/h4-6,12-13H,7-11H2,1-3H3,(H,22,23)/t12-,13+/m1/s1. The largest absolute Gasteiger partial charge is 0.489 e. The fourth-order valence-electron chi connectivity index (χ4n) is 3.72. The number of carbonyl (C=O) groups is 2. The van der Waals surface area contributed by atoms with Crippen LogP contribution < -0.4 is 9.64 Å². The molecule has 1 aromatic carbocycles. The molecule has 5 nitrogen and oxygen atoms in total. The molecule has 130 valence electrons. The van der Waals surface area contributed by atoms with E-state index in [1.54, 1.807) is 4.90 Å². The summed E-state index contributed by atoms with van der Waals surface area (Å²) in [5, 5.41) is 9.16. The molecule has 5 heteroatoms. The van der Waals surface area contributed by atoms with E-state index in [0.717, 1.165) is 17.0 Å². The van der Waals surface area contributed by atoms with Gasteiger partial charge in [0.05, 0.1) is 18.2 Å².